The number of hydrogen-bond donors (Lipinski definition) is 2. The number of hydrogen-bond acceptors (Lipinski definition) is 2. The molecule has 2 nitrogen and oxygen atoms in total. The van der Waals surface area contributed by atoms with E-state index >= 15 is 0 Å². The number of rotatable bonds is 5. The van der Waals surface area contributed by atoms with Crippen molar-refractivity contribution in [1.82, 2.24) is 0 Å². The van der Waals surface area contributed by atoms with Crippen molar-refractivity contribution < 1.29 is 10.2 Å². The lowest BCUT2D eigenvalue weighted by atomic mass is 9.89. The minimum Gasteiger partial charge on any atom is -0.396 e. The molecule has 14 heavy (non-hydrogen) atoms. The lowest BCUT2D eigenvalue weighted by Crippen LogP contribution is -2.19. The Balaban J connectivity index is 2.40. The van der Waals surface area contributed by atoms with Gasteiger partial charge in [-0.1, -0.05) is 19.1 Å². The van der Waals surface area contributed by atoms with Crippen LogP contribution < -0.4 is 0 Å². The Hall–Kier alpha value is -0.340. The maximum absolute atomic E-state index is 9.77. The van der Waals surface area contributed by atoms with Gasteiger partial charge in [0.1, 0.15) is 0 Å². The molecule has 0 saturated heterocycles. The number of allylic oxidation sites excluding steroid dienone is 2. The molecule has 0 bridgehead atoms. The largest absolute Gasteiger partial charge is 0.396 e. The summed E-state index contributed by atoms with van der Waals surface area (Å²) in [5.41, 5.74) is 0. The van der Waals surface area contributed by atoms with Gasteiger partial charge in [0, 0.05) is 6.61 Å². The van der Waals surface area contributed by atoms with Gasteiger partial charge in [-0.3, -0.25) is 0 Å². The van der Waals surface area contributed by atoms with Crippen molar-refractivity contribution in [2.24, 2.45) is 11.8 Å². The average Bonchev–Trinajstić information content (AvgIpc) is 2.50. The number of aliphatic hydroxyl groups excluding tert-OH is 2. The zero-order chi connectivity index (χ0) is 10.4. The predicted molar refractivity (Wildman–Crippen MR) is 58.0 cm³/mol. The van der Waals surface area contributed by atoms with Crippen molar-refractivity contribution in [3.63, 3.8) is 0 Å². The molecule has 1 fully saturated rings. The van der Waals surface area contributed by atoms with Crippen molar-refractivity contribution in [1.29, 1.82) is 0 Å². The molecule has 2 N–H and O–H groups in total. The second-order valence-electron chi connectivity index (χ2n) is 4.20. The van der Waals surface area contributed by atoms with Crippen LogP contribution in [-0.4, -0.2) is 22.9 Å². The monoisotopic (exact) mass is 198 g/mol. The first-order valence-electron chi connectivity index (χ1n) is 5.73. The van der Waals surface area contributed by atoms with Gasteiger partial charge in [0.15, 0.2) is 0 Å². The summed E-state index contributed by atoms with van der Waals surface area (Å²) in [6.07, 6.45) is 9.05. The number of aliphatic hydroxyl groups is 2. The second-order valence-corrected chi connectivity index (χ2v) is 4.20. The van der Waals surface area contributed by atoms with Crippen molar-refractivity contribution in [3.8, 4) is 0 Å². The van der Waals surface area contributed by atoms with Crippen molar-refractivity contribution in [3.05, 3.63) is 12.2 Å². The minimum absolute atomic E-state index is 0.145. The Morgan fingerprint density at radius 2 is 2.07 bits per heavy atom. The SMILES string of the molecule is CC/C=C\CC1C(O)CCC1CCO. The maximum Gasteiger partial charge on any atom is 0.0574 e. The Kier molecular flexibility index (Phi) is 5.20. The van der Waals surface area contributed by atoms with Gasteiger partial charge >= 0.3 is 0 Å². The van der Waals surface area contributed by atoms with Crippen LogP contribution >= 0.6 is 0 Å². The second kappa shape index (κ2) is 6.20. The van der Waals surface area contributed by atoms with Crippen LogP contribution in [-0.2, 0) is 0 Å². The fourth-order valence-electron chi connectivity index (χ4n) is 2.42. The van der Waals surface area contributed by atoms with Crippen LogP contribution in [0.4, 0.5) is 0 Å². The zero-order valence-corrected chi connectivity index (χ0v) is 9.02. The van der Waals surface area contributed by atoms with Gasteiger partial charge in [-0.15, -0.1) is 0 Å². The highest BCUT2D eigenvalue weighted by Gasteiger charge is 2.33. The molecule has 2 heteroatoms. The molecule has 3 unspecified atom stereocenters. The van der Waals surface area contributed by atoms with Gasteiger partial charge in [0.25, 0.3) is 0 Å². The molecule has 0 heterocycles. The molecule has 0 aromatic heterocycles. The van der Waals surface area contributed by atoms with Crippen molar-refractivity contribution in [2.75, 3.05) is 6.61 Å². The third kappa shape index (κ3) is 3.10. The van der Waals surface area contributed by atoms with E-state index < -0.39 is 0 Å². The van der Waals surface area contributed by atoms with E-state index in [1.165, 1.54) is 0 Å². The molecule has 82 valence electrons. The smallest absolute Gasteiger partial charge is 0.0574 e. The summed E-state index contributed by atoms with van der Waals surface area (Å²) in [4.78, 5) is 0. The zero-order valence-electron chi connectivity index (χ0n) is 9.02. The van der Waals surface area contributed by atoms with E-state index in [9.17, 15) is 5.11 Å². The molecule has 0 aliphatic heterocycles. The molecule has 0 amide bonds. The summed E-state index contributed by atoms with van der Waals surface area (Å²) >= 11 is 0. The van der Waals surface area contributed by atoms with Crippen molar-refractivity contribution >= 4 is 0 Å². The van der Waals surface area contributed by atoms with Crippen LogP contribution in [0.2, 0.25) is 0 Å². The summed E-state index contributed by atoms with van der Waals surface area (Å²) in [6.45, 7) is 2.37. The summed E-state index contributed by atoms with van der Waals surface area (Å²) in [6, 6.07) is 0. The van der Waals surface area contributed by atoms with E-state index in [0.29, 0.717) is 11.8 Å². The third-order valence-corrected chi connectivity index (χ3v) is 3.24. The Morgan fingerprint density at radius 1 is 1.29 bits per heavy atom. The Labute approximate surface area is 86.6 Å². The molecule has 1 rings (SSSR count). The van der Waals surface area contributed by atoms with Crippen LogP contribution in [0.3, 0.4) is 0 Å². The minimum atomic E-state index is -0.145. The van der Waals surface area contributed by atoms with Crippen LogP contribution in [0, 0.1) is 11.8 Å². The Morgan fingerprint density at radius 3 is 2.71 bits per heavy atom. The molecule has 0 aromatic carbocycles. The first-order chi connectivity index (χ1) is 6.79. The van der Waals surface area contributed by atoms with Crippen LogP contribution in [0.15, 0.2) is 12.2 Å². The summed E-state index contributed by atoms with van der Waals surface area (Å²) in [7, 11) is 0. The topological polar surface area (TPSA) is 40.5 Å². The molecule has 1 aliphatic rings. The molecular weight excluding hydrogens is 176 g/mol. The highest BCUT2D eigenvalue weighted by atomic mass is 16.3. The fraction of sp³-hybridized carbons (Fsp3) is 0.833. The normalized spacial score (nSPS) is 32.9. The predicted octanol–water partition coefficient (Wildman–Crippen LogP) is 2.11. The lowest BCUT2D eigenvalue weighted by Gasteiger charge is -2.19. The van der Waals surface area contributed by atoms with Gasteiger partial charge in [0.05, 0.1) is 6.10 Å². The molecular formula is C12H22O2. The molecule has 1 saturated carbocycles. The van der Waals surface area contributed by atoms with E-state index in [-0.39, 0.29) is 12.7 Å². The highest BCUT2D eigenvalue weighted by molar-refractivity contribution is 4.91. The van der Waals surface area contributed by atoms with Crippen LogP contribution in [0.5, 0.6) is 0 Å². The van der Waals surface area contributed by atoms with E-state index in [1.54, 1.807) is 0 Å². The average molecular weight is 198 g/mol. The van der Waals surface area contributed by atoms with Gasteiger partial charge in [-0.05, 0) is 43.9 Å². The van der Waals surface area contributed by atoms with Gasteiger partial charge in [-0.2, -0.15) is 0 Å². The summed E-state index contributed by atoms with van der Waals surface area (Å²) in [5.74, 6) is 0.904. The van der Waals surface area contributed by atoms with E-state index in [2.05, 4.69) is 19.1 Å². The van der Waals surface area contributed by atoms with Crippen LogP contribution in [0.1, 0.15) is 39.0 Å². The molecule has 0 radical (unpaired) electrons. The quantitative estimate of drug-likeness (QED) is 0.664. The summed E-state index contributed by atoms with van der Waals surface area (Å²) in [5, 5.41) is 18.7. The first-order valence-corrected chi connectivity index (χ1v) is 5.73. The van der Waals surface area contributed by atoms with E-state index in [1.807, 2.05) is 0 Å². The van der Waals surface area contributed by atoms with Gasteiger partial charge < -0.3 is 10.2 Å². The molecule has 1 aliphatic carbocycles. The maximum atomic E-state index is 9.77. The Bertz CT molecular complexity index is 175. The van der Waals surface area contributed by atoms with E-state index in [4.69, 9.17) is 5.11 Å². The fourth-order valence-corrected chi connectivity index (χ4v) is 2.42. The molecule has 0 aromatic rings. The standard InChI is InChI=1S/C12H22O2/c1-2-3-4-5-11-10(8-9-13)6-7-12(11)14/h3-4,10-14H,2,5-9H2,1H3/b4-3-. The highest BCUT2D eigenvalue weighted by Crippen LogP contribution is 2.36. The molecule has 0 spiro atoms. The van der Waals surface area contributed by atoms with E-state index in [0.717, 1.165) is 32.1 Å². The first kappa shape index (κ1) is 11.7. The molecule has 3 atom stereocenters. The van der Waals surface area contributed by atoms with Crippen LogP contribution in [0.25, 0.3) is 0 Å². The summed E-state index contributed by atoms with van der Waals surface area (Å²) < 4.78 is 0. The van der Waals surface area contributed by atoms with Crippen molar-refractivity contribution in [2.45, 2.75) is 45.1 Å². The third-order valence-electron chi connectivity index (χ3n) is 3.24. The van der Waals surface area contributed by atoms with Gasteiger partial charge in [-0.25, -0.2) is 0 Å². The lowest BCUT2D eigenvalue weighted by molar-refractivity contribution is 0.111. The van der Waals surface area contributed by atoms with Gasteiger partial charge in [0.2, 0.25) is 0 Å².